The van der Waals surface area contributed by atoms with Crippen LogP contribution in [0.5, 0.6) is 0 Å². The molecule has 0 bridgehead atoms. The van der Waals surface area contributed by atoms with E-state index in [1.165, 1.54) is 18.3 Å². The first-order valence-electron chi connectivity index (χ1n) is 4.88. The molecule has 7 heteroatoms. The fourth-order valence-electron chi connectivity index (χ4n) is 1.28. The summed E-state index contributed by atoms with van der Waals surface area (Å²) in [5.41, 5.74) is 0.321. The topological polar surface area (TPSA) is 59.1 Å². The lowest BCUT2D eigenvalue weighted by Gasteiger charge is -2.08. The molecule has 4 nitrogen and oxygen atoms in total. The monoisotopic (exact) mass is 330 g/mol. The Morgan fingerprint density at radius 3 is 2.44 bits per heavy atom. The first kappa shape index (κ1) is 13.0. The molecule has 0 aliphatic heterocycles. The second-order valence-corrected chi connectivity index (χ2v) is 5.83. The van der Waals surface area contributed by atoms with Crippen LogP contribution in [-0.4, -0.2) is 13.4 Å². The van der Waals surface area contributed by atoms with Crippen LogP contribution in [0.3, 0.4) is 0 Å². The average molecular weight is 331 g/mol. The van der Waals surface area contributed by atoms with Crippen molar-refractivity contribution in [1.82, 2.24) is 4.98 Å². The van der Waals surface area contributed by atoms with Gasteiger partial charge in [-0.3, -0.25) is 4.72 Å². The molecule has 0 unspecified atom stereocenters. The van der Waals surface area contributed by atoms with Gasteiger partial charge < -0.3 is 0 Å². The predicted octanol–water partition coefficient (Wildman–Crippen LogP) is 2.78. The SMILES string of the molecule is O=S(=O)(Nc1cccnc1Br)c1ccc(F)cc1. The summed E-state index contributed by atoms with van der Waals surface area (Å²) in [6, 6.07) is 7.75. The first-order chi connectivity index (χ1) is 8.49. The number of pyridine rings is 1. The van der Waals surface area contributed by atoms with Gasteiger partial charge in [0.1, 0.15) is 10.4 Å². The van der Waals surface area contributed by atoms with Crippen molar-refractivity contribution in [3.05, 3.63) is 53.0 Å². The summed E-state index contributed by atoms with van der Waals surface area (Å²) in [7, 11) is -3.74. The molecule has 0 aliphatic carbocycles. The minimum Gasteiger partial charge on any atom is -0.277 e. The molecule has 2 rings (SSSR count). The van der Waals surface area contributed by atoms with Crippen LogP contribution < -0.4 is 4.72 Å². The van der Waals surface area contributed by atoms with Crippen molar-refractivity contribution in [1.29, 1.82) is 0 Å². The lowest BCUT2D eigenvalue weighted by Crippen LogP contribution is -2.13. The molecule has 1 heterocycles. The standard InChI is InChI=1S/C11H8BrFN2O2S/c12-11-10(2-1-7-14-11)15-18(16,17)9-5-3-8(13)4-6-9/h1-7,15H. The van der Waals surface area contributed by atoms with Gasteiger partial charge in [0.05, 0.1) is 10.6 Å². The maximum Gasteiger partial charge on any atom is 0.261 e. The molecule has 0 spiro atoms. The maximum absolute atomic E-state index is 12.7. The largest absolute Gasteiger partial charge is 0.277 e. The molecule has 0 atom stereocenters. The molecule has 1 aromatic carbocycles. The molecule has 18 heavy (non-hydrogen) atoms. The number of nitrogens with one attached hydrogen (secondary N) is 1. The summed E-state index contributed by atoms with van der Waals surface area (Å²) < 4.78 is 39.4. The van der Waals surface area contributed by atoms with Crippen molar-refractivity contribution >= 4 is 31.6 Å². The number of halogens is 2. The molecule has 94 valence electrons. The second kappa shape index (κ2) is 5.03. The van der Waals surface area contributed by atoms with E-state index in [-0.39, 0.29) is 4.90 Å². The predicted molar refractivity (Wildman–Crippen MR) is 69.1 cm³/mol. The van der Waals surface area contributed by atoms with Crippen molar-refractivity contribution in [3.63, 3.8) is 0 Å². The van der Waals surface area contributed by atoms with Crippen molar-refractivity contribution in [2.24, 2.45) is 0 Å². The number of hydrogen-bond acceptors (Lipinski definition) is 3. The fourth-order valence-corrected chi connectivity index (χ4v) is 2.83. The smallest absolute Gasteiger partial charge is 0.261 e. The Morgan fingerprint density at radius 1 is 1.17 bits per heavy atom. The number of aromatic nitrogens is 1. The number of sulfonamides is 1. The molecule has 0 aliphatic rings. The van der Waals surface area contributed by atoms with Gasteiger partial charge in [-0.1, -0.05) is 0 Å². The second-order valence-electron chi connectivity index (χ2n) is 3.40. The lowest BCUT2D eigenvalue weighted by atomic mass is 10.4. The molecular weight excluding hydrogens is 323 g/mol. The van der Waals surface area contributed by atoms with Gasteiger partial charge >= 0.3 is 0 Å². The number of nitrogens with zero attached hydrogens (tertiary/aromatic N) is 1. The van der Waals surface area contributed by atoms with E-state index >= 15 is 0 Å². The first-order valence-corrected chi connectivity index (χ1v) is 7.15. The van der Waals surface area contributed by atoms with Crippen LogP contribution in [0.1, 0.15) is 0 Å². The van der Waals surface area contributed by atoms with Gasteiger partial charge in [-0.05, 0) is 52.3 Å². The number of rotatable bonds is 3. The van der Waals surface area contributed by atoms with E-state index in [4.69, 9.17) is 0 Å². The third-order valence-corrected chi connectivity index (χ3v) is 4.14. The normalized spacial score (nSPS) is 11.2. The highest BCUT2D eigenvalue weighted by molar-refractivity contribution is 9.10. The summed E-state index contributed by atoms with van der Waals surface area (Å²) in [4.78, 5) is 3.89. The van der Waals surface area contributed by atoms with Crippen LogP contribution in [0, 0.1) is 5.82 Å². The molecule has 0 amide bonds. The van der Waals surface area contributed by atoms with E-state index in [0.717, 1.165) is 12.1 Å². The number of hydrogen-bond donors (Lipinski definition) is 1. The van der Waals surface area contributed by atoms with E-state index in [1.54, 1.807) is 12.1 Å². The van der Waals surface area contributed by atoms with Crippen molar-refractivity contribution in [2.45, 2.75) is 4.90 Å². The zero-order valence-electron chi connectivity index (χ0n) is 8.97. The van der Waals surface area contributed by atoms with Gasteiger partial charge in [-0.25, -0.2) is 17.8 Å². The van der Waals surface area contributed by atoms with E-state index in [9.17, 15) is 12.8 Å². The molecule has 0 radical (unpaired) electrons. The van der Waals surface area contributed by atoms with Gasteiger partial charge in [0.2, 0.25) is 0 Å². The highest BCUT2D eigenvalue weighted by atomic mass is 79.9. The average Bonchev–Trinajstić information content (AvgIpc) is 2.32. The Hall–Kier alpha value is -1.47. The lowest BCUT2D eigenvalue weighted by molar-refractivity contribution is 0.599. The quantitative estimate of drug-likeness (QED) is 0.880. The molecule has 0 saturated heterocycles. The van der Waals surface area contributed by atoms with E-state index < -0.39 is 15.8 Å². The molecule has 0 fully saturated rings. The Balaban J connectivity index is 2.33. The van der Waals surface area contributed by atoms with Gasteiger partial charge in [0, 0.05) is 6.20 Å². The Bertz CT molecular complexity index is 659. The van der Waals surface area contributed by atoms with E-state index in [1.807, 2.05) is 0 Å². The highest BCUT2D eigenvalue weighted by Crippen LogP contribution is 2.22. The van der Waals surface area contributed by atoms with E-state index in [0.29, 0.717) is 10.3 Å². The van der Waals surface area contributed by atoms with Crippen LogP contribution in [-0.2, 0) is 10.0 Å². The van der Waals surface area contributed by atoms with Crippen LogP contribution >= 0.6 is 15.9 Å². The van der Waals surface area contributed by atoms with Gasteiger partial charge in [0.15, 0.2) is 0 Å². The number of anilines is 1. The Morgan fingerprint density at radius 2 is 1.83 bits per heavy atom. The molecule has 0 saturated carbocycles. The molecular formula is C11H8BrFN2O2S. The highest BCUT2D eigenvalue weighted by Gasteiger charge is 2.15. The zero-order valence-corrected chi connectivity index (χ0v) is 11.4. The Labute approximate surface area is 112 Å². The van der Waals surface area contributed by atoms with Crippen LogP contribution in [0.25, 0.3) is 0 Å². The molecule has 2 aromatic rings. The summed E-state index contributed by atoms with van der Waals surface area (Å²) in [6.45, 7) is 0. The van der Waals surface area contributed by atoms with Crippen LogP contribution in [0.4, 0.5) is 10.1 Å². The summed E-state index contributed by atoms with van der Waals surface area (Å²) in [5, 5.41) is 0. The minimum atomic E-state index is -3.74. The molecule has 1 N–H and O–H groups in total. The van der Waals surface area contributed by atoms with Crippen molar-refractivity contribution < 1.29 is 12.8 Å². The fraction of sp³-hybridized carbons (Fsp3) is 0. The summed E-state index contributed by atoms with van der Waals surface area (Å²) in [6.07, 6.45) is 1.53. The Kier molecular flexibility index (Phi) is 3.63. The van der Waals surface area contributed by atoms with Gasteiger partial charge in [-0.2, -0.15) is 0 Å². The van der Waals surface area contributed by atoms with Crippen molar-refractivity contribution in [2.75, 3.05) is 4.72 Å². The molecule has 1 aromatic heterocycles. The van der Waals surface area contributed by atoms with Crippen LogP contribution in [0.2, 0.25) is 0 Å². The maximum atomic E-state index is 12.7. The third-order valence-electron chi connectivity index (χ3n) is 2.13. The third kappa shape index (κ3) is 2.85. The number of benzene rings is 1. The van der Waals surface area contributed by atoms with Gasteiger partial charge in [0.25, 0.3) is 10.0 Å². The summed E-state index contributed by atoms with van der Waals surface area (Å²) >= 11 is 3.14. The van der Waals surface area contributed by atoms with Crippen LogP contribution in [0.15, 0.2) is 52.1 Å². The minimum absolute atomic E-state index is 0.0142. The zero-order chi connectivity index (χ0) is 13.2. The van der Waals surface area contributed by atoms with E-state index in [2.05, 4.69) is 25.6 Å². The summed E-state index contributed by atoms with van der Waals surface area (Å²) in [5.74, 6) is -0.489. The van der Waals surface area contributed by atoms with Crippen molar-refractivity contribution in [3.8, 4) is 0 Å². The van der Waals surface area contributed by atoms with Gasteiger partial charge in [-0.15, -0.1) is 0 Å².